The van der Waals surface area contributed by atoms with Gasteiger partial charge in [0.2, 0.25) is 0 Å². The van der Waals surface area contributed by atoms with Crippen LogP contribution in [0, 0.1) is 0 Å². The van der Waals surface area contributed by atoms with E-state index in [9.17, 15) is 14.7 Å². The van der Waals surface area contributed by atoms with E-state index in [-0.39, 0.29) is 19.1 Å². The number of amidine groups is 1. The first-order valence-corrected chi connectivity index (χ1v) is 14.3. The number of carbonyl (C=O) groups is 2. The van der Waals surface area contributed by atoms with Crippen LogP contribution in [0.3, 0.4) is 0 Å². The molecular formula is C24H26Cl2N4O4S2. The quantitative estimate of drug-likeness (QED) is 0.421. The number of carboxylic acids is 1. The number of carbonyl (C=O) groups excluding carboxylic acids is 1. The summed E-state index contributed by atoms with van der Waals surface area (Å²) in [5.74, 6) is 0.994. The van der Waals surface area contributed by atoms with E-state index in [2.05, 4.69) is 15.2 Å². The number of esters is 1. The number of halogens is 2. The third-order valence-corrected chi connectivity index (χ3v) is 8.35. The highest BCUT2D eigenvalue weighted by Gasteiger charge is 2.35. The molecule has 2 aromatic rings. The zero-order valence-corrected chi connectivity index (χ0v) is 22.7. The molecule has 0 radical (unpaired) electrons. The summed E-state index contributed by atoms with van der Waals surface area (Å²) in [6.45, 7) is 3.14. The molecular weight excluding hydrogens is 543 g/mol. The summed E-state index contributed by atoms with van der Waals surface area (Å²) in [6, 6.07) is 4.46. The molecule has 1 aromatic heterocycles. The molecule has 1 saturated heterocycles. The number of thioether (sulfide) groups is 1. The van der Waals surface area contributed by atoms with Gasteiger partial charge in [-0.05, 0) is 25.5 Å². The highest BCUT2D eigenvalue weighted by molar-refractivity contribution is 7.99. The average molecular weight is 570 g/mol. The summed E-state index contributed by atoms with van der Waals surface area (Å²) in [6.07, 6.45) is 2.32. The molecule has 8 nitrogen and oxygen atoms in total. The third-order valence-electron chi connectivity index (χ3n) is 5.92. The highest BCUT2D eigenvalue weighted by atomic mass is 35.5. The van der Waals surface area contributed by atoms with Gasteiger partial charge in [0.1, 0.15) is 6.04 Å². The molecule has 0 unspecified atom stereocenters. The Morgan fingerprint density at radius 2 is 2.17 bits per heavy atom. The molecule has 0 spiro atoms. The first-order chi connectivity index (χ1) is 17.4. The highest BCUT2D eigenvalue weighted by Crippen LogP contribution is 2.38. The minimum Gasteiger partial charge on any atom is -0.481 e. The van der Waals surface area contributed by atoms with Gasteiger partial charge in [-0.15, -0.1) is 11.3 Å². The van der Waals surface area contributed by atoms with Crippen LogP contribution in [0.25, 0.3) is 0 Å². The topological polar surface area (TPSA) is 104 Å². The molecule has 1 fully saturated rings. The SMILES string of the molecule is CCOC(=O)C1=C(CN2CCSC[C@H]2CCC(=O)O)NC(c2nccs2)=N[C@H]1c1ccc(Cl)cc1Cl. The van der Waals surface area contributed by atoms with Gasteiger partial charge in [0.15, 0.2) is 10.8 Å². The number of thiazole rings is 1. The standard InChI is InChI=1S/C24H26Cl2N4O4S2/c1-2-34-24(33)20-18(12-30-8-10-35-13-15(30)4-6-19(31)32)28-22(23-27-7-9-36-23)29-21(20)16-5-3-14(25)11-17(16)26/h3,5,7,9,11,15,21H,2,4,6,8,10,12-13H2,1H3,(H,28,29)(H,31,32)/t15-,21+/m1/s1. The van der Waals surface area contributed by atoms with Gasteiger partial charge in [-0.3, -0.25) is 14.7 Å². The molecule has 192 valence electrons. The Kier molecular flexibility index (Phi) is 9.30. The van der Waals surface area contributed by atoms with Gasteiger partial charge in [0, 0.05) is 69.9 Å². The van der Waals surface area contributed by atoms with Crippen LogP contribution >= 0.6 is 46.3 Å². The number of hydrogen-bond acceptors (Lipinski definition) is 9. The van der Waals surface area contributed by atoms with Crippen molar-refractivity contribution in [2.75, 3.05) is 31.2 Å². The fourth-order valence-corrected chi connectivity index (χ4v) is 6.50. The van der Waals surface area contributed by atoms with E-state index in [1.165, 1.54) is 11.3 Å². The van der Waals surface area contributed by atoms with E-state index >= 15 is 0 Å². The van der Waals surface area contributed by atoms with E-state index in [1.807, 2.05) is 17.1 Å². The van der Waals surface area contributed by atoms with Gasteiger partial charge in [0.05, 0.1) is 12.2 Å². The number of benzene rings is 1. The summed E-state index contributed by atoms with van der Waals surface area (Å²) in [7, 11) is 0. The van der Waals surface area contributed by atoms with E-state index < -0.39 is 18.0 Å². The van der Waals surface area contributed by atoms with E-state index in [1.54, 1.807) is 31.3 Å². The lowest BCUT2D eigenvalue weighted by molar-refractivity contribution is -0.139. The number of rotatable bonds is 9. The number of aliphatic carboxylic acids is 1. The molecule has 1 aromatic carbocycles. The van der Waals surface area contributed by atoms with Crippen LogP contribution in [0.5, 0.6) is 0 Å². The normalized spacial score (nSPS) is 20.6. The number of nitrogens with zero attached hydrogens (tertiary/aromatic N) is 3. The van der Waals surface area contributed by atoms with Gasteiger partial charge in [0.25, 0.3) is 0 Å². The van der Waals surface area contributed by atoms with Crippen LogP contribution in [0.2, 0.25) is 10.0 Å². The lowest BCUT2D eigenvalue weighted by atomic mass is 9.95. The van der Waals surface area contributed by atoms with Crippen molar-refractivity contribution in [3.63, 3.8) is 0 Å². The van der Waals surface area contributed by atoms with E-state index in [0.717, 1.165) is 18.1 Å². The molecule has 2 aliphatic heterocycles. The number of carboxylic acid groups (broad SMARTS) is 1. The maximum Gasteiger partial charge on any atom is 0.338 e. The predicted molar refractivity (Wildman–Crippen MR) is 144 cm³/mol. The maximum atomic E-state index is 13.3. The Bertz CT molecular complexity index is 1170. The number of nitrogens with one attached hydrogen (secondary N) is 1. The van der Waals surface area contributed by atoms with Gasteiger partial charge in [-0.2, -0.15) is 11.8 Å². The molecule has 0 aliphatic carbocycles. The van der Waals surface area contributed by atoms with Crippen molar-refractivity contribution >= 4 is 64.1 Å². The van der Waals surface area contributed by atoms with Crippen molar-refractivity contribution in [1.82, 2.24) is 15.2 Å². The lowest BCUT2D eigenvalue weighted by Crippen LogP contribution is -2.47. The number of aliphatic imine (C=N–C) groups is 1. The van der Waals surface area contributed by atoms with Gasteiger partial charge < -0.3 is 15.2 Å². The second-order valence-corrected chi connectivity index (χ2v) is 11.1. The van der Waals surface area contributed by atoms with Crippen LogP contribution in [0.4, 0.5) is 0 Å². The zero-order chi connectivity index (χ0) is 25.7. The smallest absolute Gasteiger partial charge is 0.338 e. The van der Waals surface area contributed by atoms with Crippen molar-refractivity contribution in [3.8, 4) is 0 Å². The fraction of sp³-hybridized carbons (Fsp3) is 0.417. The summed E-state index contributed by atoms with van der Waals surface area (Å²) in [4.78, 5) is 36.1. The zero-order valence-electron chi connectivity index (χ0n) is 19.6. The van der Waals surface area contributed by atoms with Crippen molar-refractivity contribution in [2.45, 2.75) is 31.8 Å². The Hall–Kier alpha value is -2.11. The largest absolute Gasteiger partial charge is 0.481 e. The third kappa shape index (κ3) is 6.41. The molecule has 0 amide bonds. The van der Waals surface area contributed by atoms with Gasteiger partial charge in [-0.25, -0.2) is 9.78 Å². The van der Waals surface area contributed by atoms with Crippen molar-refractivity contribution in [2.24, 2.45) is 4.99 Å². The lowest BCUT2D eigenvalue weighted by Gasteiger charge is -2.37. The first-order valence-electron chi connectivity index (χ1n) is 11.5. The van der Waals surface area contributed by atoms with Crippen LogP contribution in [0.15, 0.2) is 46.0 Å². The van der Waals surface area contributed by atoms with E-state index in [0.29, 0.717) is 50.7 Å². The molecule has 2 aliphatic rings. The summed E-state index contributed by atoms with van der Waals surface area (Å²) in [5, 5.41) is 16.0. The van der Waals surface area contributed by atoms with E-state index in [4.69, 9.17) is 32.9 Å². The average Bonchev–Trinajstić information content (AvgIpc) is 3.38. The second kappa shape index (κ2) is 12.4. The van der Waals surface area contributed by atoms with Crippen LogP contribution in [-0.2, 0) is 14.3 Å². The minimum absolute atomic E-state index is 0.0670. The Labute approximate surface area is 227 Å². The number of hydrogen-bond donors (Lipinski definition) is 2. The van der Waals surface area contributed by atoms with Gasteiger partial charge in [-0.1, -0.05) is 29.3 Å². The van der Waals surface area contributed by atoms with Crippen molar-refractivity contribution in [1.29, 1.82) is 0 Å². The molecule has 2 atom stereocenters. The van der Waals surface area contributed by atoms with Crippen LogP contribution in [0.1, 0.15) is 36.4 Å². The van der Waals surface area contributed by atoms with Crippen molar-refractivity contribution in [3.05, 3.63) is 61.7 Å². The summed E-state index contributed by atoms with van der Waals surface area (Å²) >= 11 is 16.0. The predicted octanol–water partition coefficient (Wildman–Crippen LogP) is 4.64. The number of aromatic nitrogens is 1. The first kappa shape index (κ1) is 26.9. The monoisotopic (exact) mass is 568 g/mol. The second-order valence-electron chi connectivity index (χ2n) is 8.25. The van der Waals surface area contributed by atoms with Crippen molar-refractivity contribution < 1.29 is 19.4 Å². The Balaban J connectivity index is 1.78. The molecule has 0 bridgehead atoms. The molecule has 4 rings (SSSR count). The Morgan fingerprint density at radius 3 is 2.86 bits per heavy atom. The van der Waals surface area contributed by atoms with Crippen LogP contribution < -0.4 is 5.32 Å². The molecule has 36 heavy (non-hydrogen) atoms. The molecule has 12 heteroatoms. The summed E-state index contributed by atoms with van der Waals surface area (Å²) < 4.78 is 5.46. The number of ether oxygens (including phenoxy) is 1. The summed E-state index contributed by atoms with van der Waals surface area (Å²) in [5.41, 5.74) is 1.65. The molecule has 3 heterocycles. The molecule has 2 N–H and O–H groups in total. The van der Waals surface area contributed by atoms with Crippen LogP contribution in [-0.4, -0.2) is 70.0 Å². The fourth-order valence-electron chi connectivity index (χ4n) is 4.22. The Morgan fingerprint density at radius 1 is 1.33 bits per heavy atom. The minimum atomic E-state index is -0.816. The molecule has 0 saturated carbocycles. The maximum absolute atomic E-state index is 13.3. The van der Waals surface area contributed by atoms with Gasteiger partial charge >= 0.3 is 11.9 Å².